The average Bonchev–Trinajstić information content (AvgIpc) is 2.79. The molecule has 0 radical (unpaired) electrons. The molecule has 160 valence electrons. The predicted octanol–water partition coefficient (Wildman–Crippen LogP) is 2.94. The summed E-state index contributed by atoms with van der Waals surface area (Å²) in [5.74, 6) is 0.882. The summed E-state index contributed by atoms with van der Waals surface area (Å²) in [4.78, 5) is 18.5. The van der Waals surface area contributed by atoms with Crippen LogP contribution in [0, 0.1) is 6.92 Å². The highest BCUT2D eigenvalue weighted by atomic mass is 16.5. The van der Waals surface area contributed by atoms with E-state index < -0.39 is 5.97 Å². The number of aryl methyl sites for hydroxylation is 1. The van der Waals surface area contributed by atoms with Crippen molar-refractivity contribution >= 4 is 11.9 Å². The van der Waals surface area contributed by atoms with Gasteiger partial charge in [0.05, 0.1) is 27.4 Å². The third-order valence-electron chi connectivity index (χ3n) is 5.24. The number of hydrogen-bond acceptors (Lipinski definition) is 5. The highest BCUT2D eigenvalue weighted by molar-refractivity contribution is 5.92. The van der Waals surface area contributed by atoms with Gasteiger partial charge in [-0.15, -0.1) is 0 Å². The molecule has 30 heavy (non-hydrogen) atoms. The zero-order valence-corrected chi connectivity index (χ0v) is 18.0. The molecule has 1 aliphatic heterocycles. The fraction of sp³-hybridized carbons (Fsp3) is 0.391. The molecule has 1 N–H and O–H groups in total. The van der Waals surface area contributed by atoms with Crippen molar-refractivity contribution in [1.29, 1.82) is 0 Å². The second-order valence-electron chi connectivity index (χ2n) is 7.09. The molecular formula is C23H29N3O4. The summed E-state index contributed by atoms with van der Waals surface area (Å²) >= 11 is 0. The molecule has 1 fully saturated rings. The second-order valence-corrected chi connectivity index (χ2v) is 7.09. The van der Waals surface area contributed by atoms with E-state index in [0.29, 0.717) is 24.5 Å². The maximum absolute atomic E-state index is 11.8. The minimum Gasteiger partial charge on any atom is -0.496 e. The quantitative estimate of drug-likeness (QED) is 0.463. The monoisotopic (exact) mass is 411 g/mol. The van der Waals surface area contributed by atoms with E-state index in [1.165, 1.54) is 25.3 Å². The van der Waals surface area contributed by atoms with Crippen molar-refractivity contribution in [3.63, 3.8) is 0 Å². The van der Waals surface area contributed by atoms with Gasteiger partial charge in [-0.3, -0.25) is 4.99 Å². The number of nitrogens with one attached hydrogen (secondary N) is 1. The molecule has 2 aromatic rings. The predicted molar refractivity (Wildman–Crippen MR) is 116 cm³/mol. The minimum atomic E-state index is -0.419. The summed E-state index contributed by atoms with van der Waals surface area (Å²) in [6, 6.07) is 13.7. The molecule has 3 rings (SSSR count). The molecule has 1 heterocycles. The zero-order valence-electron chi connectivity index (χ0n) is 18.0. The Labute approximate surface area is 177 Å². The van der Waals surface area contributed by atoms with Crippen molar-refractivity contribution < 1.29 is 19.0 Å². The van der Waals surface area contributed by atoms with Crippen LogP contribution in [-0.4, -0.2) is 57.8 Å². The molecule has 0 bridgehead atoms. The number of nitrogens with zero attached hydrogens (tertiary/aromatic N) is 2. The Kier molecular flexibility index (Phi) is 7.30. The number of aliphatic imine (C=N–C) groups is 1. The number of rotatable bonds is 5. The van der Waals surface area contributed by atoms with E-state index in [0.717, 1.165) is 24.6 Å². The van der Waals surface area contributed by atoms with E-state index in [9.17, 15) is 4.79 Å². The van der Waals surface area contributed by atoms with Crippen LogP contribution in [0.2, 0.25) is 0 Å². The van der Waals surface area contributed by atoms with E-state index >= 15 is 0 Å². The van der Waals surface area contributed by atoms with Crippen LogP contribution in [0.5, 0.6) is 5.75 Å². The van der Waals surface area contributed by atoms with Gasteiger partial charge in [-0.2, -0.15) is 0 Å². The summed E-state index contributed by atoms with van der Waals surface area (Å²) in [5, 5.41) is 3.40. The first-order valence-electron chi connectivity index (χ1n) is 9.95. The van der Waals surface area contributed by atoms with Gasteiger partial charge in [0.25, 0.3) is 0 Å². The molecule has 1 saturated heterocycles. The SMILES string of the molecule is CN=C(NCc1ccc(C(=O)OC)c(OC)c1)N1CCOC(c2ccccc2C)C1. The van der Waals surface area contributed by atoms with E-state index in [4.69, 9.17) is 14.2 Å². The fourth-order valence-corrected chi connectivity index (χ4v) is 3.62. The number of carbonyl (C=O) groups excluding carboxylic acids is 1. The normalized spacial score (nSPS) is 16.9. The average molecular weight is 412 g/mol. The fourth-order valence-electron chi connectivity index (χ4n) is 3.62. The number of guanidine groups is 1. The van der Waals surface area contributed by atoms with Gasteiger partial charge in [-0.05, 0) is 35.7 Å². The maximum Gasteiger partial charge on any atom is 0.341 e. The highest BCUT2D eigenvalue weighted by Crippen LogP contribution is 2.25. The number of benzene rings is 2. The van der Waals surface area contributed by atoms with Crippen molar-refractivity contribution in [3.8, 4) is 5.75 Å². The Bertz CT molecular complexity index is 913. The first-order chi connectivity index (χ1) is 14.6. The lowest BCUT2D eigenvalue weighted by Gasteiger charge is -2.35. The minimum absolute atomic E-state index is 0.0120. The molecule has 1 aliphatic rings. The van der Waals surface area contributed by atoms with Gasteiger partial charge in [0, 0.05) is 20.1 Å². The lowest BCUT2D eigenvalue weighted by Crippen LogP contribution is -2.48. The molecular weight excluding hydrogens is 382 g/mol. The van der Waals surface area contributed by atoms with Crippen LogP contribution in [0.25, 0.3) is 0 Å². The van der Waals surface area contributed by atoms with Crippen LogP contribution >= 0.6 is 0 Å². The van der Waals surface area contributed by atoms with Gasteiger partial charge < -0.3 is 24.4 Å². The number of ether oxygens (including phenoxy) is 3. The van der Waals surface area contributed by atoms with Gasteiger partial charge in [-0.25, -0.2) is 4.79 Å². The van der Waals surface area contributed by atoms with Crippen molar-refractivity contribution in [2.24, 2.45) is 4.99 Å². The molecule has 1 atom stereocenters. The first-order valence-corrected chi connectivity index (χ1v) is 9.95. The van der Waals surface area contributed by atoms with Gasteiger partial charge in [-0.1, -0.05) is 30.3 Å². The molecule has 0 saturated carbocycles. The Morgan fingerprint density at radius 3 is 2.77 bits per heavy atom. The van der Waals surface area contributed by atoms with Gasteiger partial charge in [0.15, 0.2) is 5.96 Å². The number of hydrogen-bond donors (Lipinski definition) is 1. The van der Waals surface area contributed by atoms with Gasteiger partial charge in [0.2, 0.25) is 0 Å². The summed E-state index contributed by atoms with van der Waals surface area (Å²) in [5.41, 5.74) is 3.82. The number of esters is 1. The Hall–Kier alpha value is -3.06. The molecule has 1 unspecified atom stereocenters. The van der Waals surface area contributed by atoms with Crippen molar-refractivity contribution in [3.05, 3.63) is 64.7 Å². The smallest absolute Gasteiger partial charge is 0.341 e. The topological polar surface area (TPSA) is 72.4 Å². The highest BCUT2D eigenvalue weighted by Gasteiger charge is 2.25. The van der Waals surface area contributed by atoms with Gasteiger partial charge in [0.1, 0.15) is 17.4 Å². The lowest BCUT2D eigenvalue weighted by molar-refractivity contribution is -0.00834. The molecule has 0 amide bonds. The zero-order chi connectivity index (χ0) is 21.5. The van der Waals surface area contributed by atoms with Crippen molar-refractivity contribution in [1.82, 2.24) is 10.2 Å². The van der Waals surface area contributed by atoms with E-state index in [1.54, 1.807) is 13.1 Å². The largest absolute Gasteiger partial charge is 0.496 e. The van der Waals surface area contributed by atoms with E-state index in [-0.39, 0.29) is 6.10 Å². The first kappa shape index (κ1) is 21.6. The summed E-state index contributed by atoms with van der Waals surface area (Å²) in [6.07, 6.45) is 0.0120. The molecule has 2 aromatic carbocycles. The van der Waals surface area contributed by atoms with Crippen molar-refractivity contribution in [2.45, 2.75) is 19.6 Å². The maximum atomic E-state index is 11.8. The number of carbonyl (C=O) groups is 1. The van der Waals surface area contributed by atoms with Gasteiger partial charge >= 0.3 is 5.97 Å². The standard InChI is InChI=1S/C23H29N3O4/c1-16-7-5-6-8-18(16)21-15-26(11-12-30-21)23(24-2)25-14-17-9-10-19(22(27)29-4)20(13-17)28-3/h5-10,13,21H,11-12,14-15H2,1-4H3,(H,24,25). The number of morpholine rings is 1. The van der Waals surface area contributed by atoms with Crippen LogP contribution in [0.1, 0.15) is 33.2 Å². The Morgan fingerprint density at radius 2 is 2.07 bits per heavy atom. The second kappa shape index (κ2) is 10.1. The molecule has 0 aromatic heterocycles. The molecule has 7 heteroatoms. The molecule has 0 spiro atoms. The van der Waals surface area contributed by atoms with Crippen LogP contribution in [0.4, 0.5) is 0 Å². The summed E-state index contributed by atoms with van der Waals surface area (Å²) in [7, 11) is 4.67. The van der Waals surface area contributed by atoms with Crippen LogP contribution in [-0.2, 0) is 16.0 Å². The van der Waals surface area contributed by atoms with E-state index in [1.807, 2.05) is 24.3 Å². The molecule has 7 nitrogen and oxygen atoms in total. The summed E-state index contributed by atoms with van der Waals surface area (Å²) in [6.45, 7) is 4.80. The van der Waals surface area contributed by atoms with Crippen molar-refractivity contribution in [2.75, 3.05) is 41.0 Å². The Morgan fingerprint density at radius 1 is 1.27 bits per heavy atom. The van der Waals surface area contributed by atoms with E-state index in [2.05, 4.69) is 34.3 Å². The summed E-state index contributed by atoms with van der Waals surface area (Å²) < 4.78 is 16.2. The third-order valence-corrected chi connectivity index (χ3v) is 5.24. The molecule has 0 aliphatic carbocycles. The number of methoxy groups -OCH3 is 2. The lowest BCUT2D eigenvalue weighted by atomic mass is 10.0. The van der Waals surface area contributed by atoms with Crippen LogP contribution < -0.4 is 10.1 Å². The third kappa shape index (κ3) is 4.91. The van der Waals surface area contributed by atoms with Crippen LogP contribution in [0.3, 0.4) is 0 Å². The van der Waals surface area contributed by atoms with Crippen LogP contribution in [0.15, 0.2) is 47.5 Å². The Balaban J connectivity index is 1.67.